The molecule has 0 aliphatic carbocycles. The topological polar surface area (TPSA) is 122 Å². The first-order valence-electron chi connectivity index (χ1n) is 9.28. The van der Waals surface area contributed by atoms with Crippen molar-refractivity contribution in [2.24, 2.45) is 0 Å². The van der Waals surface area contributed by atoms with Gasteiger partial charge in [0.25, 0.3) is 17.4 Å². The van der Waals surface area contributed by atoms with Gasteiger partial charge in [-0.15, -0.1) is 0 Å². The lowest BCUT2D eigenvalue weighted by Crippen LogP contribution is -2.51. The van der Waals surface area contributed by atoms with Crippen molar-refractivity contribution in [3.05, 3.63) is 76.2 Å². The van der Waals surface area contributed by atoms with E-state index < -0.39 is 17.9 Å². The van der Waals surface area contributed by atoms with E-state index in [-0.39, 0.29) is 23.7 Å². The number of amides is 3. The lowest BCUT2D eigenvalue weighted by molar-refractivity contribution is -0.128. The third kappa shape index (κ3) is 4.69. The molecule has 154 valence electrons. The molecule has 0 bridgehead atoms. The highest BCUT2D eigenvalue weighted by Gasteiger charge is 2.19. The SMILES string of the molecule is CC(=O)NC(C)C(=O)NNC(=O)c1nn(Cc2ccccc2)c(=O)c2ccccc12. The van der Waals surface area contributed by atoms with Crippen molar-refractivity contribution in [1.29, 1.82) is 0 Å². The molecule has 1 atom stereocenters. The zero-order chi connectivity index (χ0) is 21.7. The van der Waals surface area contributed by atoms with Crippen molar-refractivity contribution in [3.8, 4) is 0 Å². The molecule has 0 saturated heterocycles. The van der Waals surface area contributed by atoms with E-state index in [0.717, 1.165) is 5.56 Å². The number of hydrogen-bond donors (Lipinski definition) is 3. The number of carbonyl (C=O) groups excluding carboxylic acids is 3. The van der Waals surface area contributed by atoms with Crippen LogP contribution in [0.5, 0.6) is 0 Å². The second-order valence-corrected chi connectivity index (χ2v) is 6.71. The molecular weight excluding hydrogens is 386 g/mol. The zero-order valence-electron chi connectivity index (χ0n) is 16.5. The summed E-state index contributed by atoms with van der Waals surface area (Å²) in [5.41, 5.74) is 5.06. The Morgan fingerprint density at radius 1 is 0.967 bits per heavy atom. The summed E-state index contributed by atoms with van der Waals surface area (Å²) in [5.74, 6) is -1.65. The van der Waals surface area contributed by atoms with Crippen LogP contribution in [-0.4, -0.2) is 33.5 Å². The monoisotopic (exact) mass is 407 g/mol. The molecule has 9 nitrogen and oxygen atoms in total. The van der Waals surface area contributed by atoms with Crippen molar-refractivity contribution in [2.75, 3.05) is 0 Å². The smallest absolute Gasteiger partial charge is 0.290 e. The molecule has 30 heavy (non-hydrogen) atoms. The number of benzene rings is 2. The van der Waals surface area contributed by atoms with Gasteiger partial charge in [0.1, 0.15) is 6.04 Å². The molecular formula is C21H21N5O4. The quantitative estimate of drug-likeness (QED) is 0.538. The lowest BCUT2D eigenvalue weighted by Gasteiger charge is -2.14. The molecule has 3 rings (SSSR count). The molecule has 0 fully saturated rings. The molecule has 3 N–H and O–H groups in total. The predicted molar refractivity (Wildman–Crippen MR) is 110 cm³/mol. The molecule has 0 aliphatic rings. The van der Waals surface area contributed by atoms with Crippen molar-refractivity contribution < 1.29 is 14.4 Å². The Labute approximate surface area is 172 Å². The summed E-state index contributed by atoms with van der Waals surface area (Å²) in [4.78, 5) is 48.6. The molecule has 0 aliphatic heterocycles. The number of hydrogen-bond acceptors (Lipinski definition) is 5. The maximum Gasteiger partial charge on any atom is 0.290 e. The molecule has 0 radical (unpaired) electrons. The fraction of sp³-hybridized carbons (Fsp3) is 0.190. The van der Waals surface area contributed by atoms with Crippen LogP contribution in [-0.2, 0) is 16.1 Å². The first-order chi connectivity index (χ1) is 14.4. The van der Waals surface area contributed by atoms with Gasteiger partial charge in [-0.3, -0.25) is 30.0 Å². The Bertz CT molecular complexity index is 1160. The summed E-state index contributed by atoms with van der Waals surface area (Å²) >= 11 is 0. The average molecular weight is 407 g/mol. The van der Waals surface area contributed by atoms with E-state index in [2.05, 4.69) is 21.3 Å². The summed E-state index contributed by atoms with van der Waals surface area (Å²) in [5, 5.41) is 7.36. The van der Waals surface area contributed by atoms with Gasteiger partial charge in [0, 0.05) is 12.3 Å². The number of rotatable bonds is 5. The van der Waals surface area contributed by atoms with Gasteiger partial charge >= 0.3 is 0 Å². The van der Waals surface area contributed by atoms with E-state index in [1.165, 1.54) is 18.5 Å². The van der Waals surface area contributed by atoms with E-state index in [1.807, 2.05) is 30.3 Å². The van der Waals surface area contributed by atoms with Crippen LogP contribution in [0.25, 0.3) is 10.8 Å². The third-order valence-electron chi connectivity index (χ3n) is 4.37. The standard InChI is InChI=1S/C21H21N5O4/c1-13(22-14(2)27)19(28)23-24-20(29)18-16-10-6-7-11-17(16)21(30)26(25-18)12-15-8-4-3-5-9-15/h3-11,13H,12H2,1-2H3,(H,22,27)(H,23,28)(H,24,29). The van der Waals surface area contributed by atoms with Gasteiger partial charge in [-0.05, 0) is 18.6 Å². The van der Waals surface area contributed by atoms with Gasteiger partial charge in [-0.25, -0.2) is 4.68 Å². The Morgan fingerprint density at radius 3 is 2.27 bits per heavy atom. The minimum absolute atomic E-state index is 0.00592. The minimum atomic E-state index is -0.834. The van der Waals surface area contributed by atoms with Crippen LogP contribution in [0.3, 0.4) is 0 Å². The number of fused-ring (bicyclic) bond motifs is 1. The summed E-state index contributed by atoms with van der Waals surface area (Å²) in [6.45, 7) is 2.96. The van der Waals surface area contributed by atoms with Crippen LogP contribution < -0.4 is 21.7 Å². The highest BCUT2D eigenvalue weighted by molar-refractivity contribution is 6.05. The number of hydrazine groups is 1. The lowest BCUT2D eigenvalue weighted by atomic mass is 10.1. The normalized spacial score (nSPS) is 11.5. The molecule has 1 heterocycles. The molecule has 2 aromatic carbocycles. The molecule has 1 unspecified atom stereocenters. The van der Waals surface area contributed by atoms with Crippen molar-refractivity contribution >= 4 is 28.5 Å². The van der Waals surface area contributed by atoms with E-state index >= 15 is 0 Å². The van der Waals surface area contributed by atoms with Crippen LogP contribution in [0.15, 0.2) is 59.4 Å². The molecule has 0 saturated carbocycles. The molecule has 1 aromatic heterocycles. The maximum absolute atomic E-state index is 12.8. The van der Waals surface area contributed by atoms with E-state index in [9.17, 15) is 19.2 Å². The van der Waals surface area contributed by atoms with Crippen molar-refractivity contribution in [1.82, 2.24) is 25.9 Å². The highest BCUT2D eigenvalue weighted by atomic mass is 16.2. The van der Waals surface area contributed by atoms with E-state index in [4.69, 9.17) is 0 Å². The highest BCUT2D eigenvalue weighted by Crippen LogP contribution is 2.13. The van der Waals surface area contributed by atoms with Crippen LogP contribution in [0.2, 0.25) is 0 Å². The third-order valence-corrected chi connectivity index (χ3v) is 4.37. The number of nitrogens with zero attached hydrogens (tertiary/aromatic N) is 2. The Kier molecular flexibility index (Phi) is 6.21. The minimum Gasteiger partial charge on any atom is -0.345 e. The largest absolute Gasteiger partial charge is 0.345 e. The first-order valence-corrected chi connectivity index (χ1v) is 9.28. The summed E-state index contributed by atoms with van der Waals surface area (Å²) < 4.78 is 1.22. The van der Waals surface area contributed by atoms with Gasteiger partial charge in [0.15, 0.2) is 5.69 Å². The molecule has 3 aromatic rings. The first kappa shape index (κ1) is 20.7. The predicted octanol–water partition coefficient (Wildman–Crippen LogP) is 0.730. The number of carbonyl (C=O) groups is 3. The number of nitrogens with one attached hydrogen (secondary N) is 3. The van der Waals surface area contributed by atoms with Crippen molar-refractivity contribution in [2.45, 2.75) is 26.4 Å². The molecule has 0 spiro atoms. The van der Waals surface area contributed by atoms with Gasteiger partial charge in [-0.2, -0.15) is 5.10 Å². The maximum atomic E-state index is 12.8. The second-order valence-electron chi connectivity index (χ2n) is 6.71. The van der Waals surface area contributed by atoms with Gasteiger partial charge in [0.05, 0.1) is 11.9 Å². The van der Waals surface area contributed by atoms with Gasteiger partial charge < -0.3 is 5.32 Å². The summed E-state index contributed by atoms with van der Waals surface area (Å²) in [7, 11) is 0. The fourth-order valence-corrected chi connectivity index (χ4v) is 2.92. The van der Waals surface area contributed by atoms with Gasteiger partial charge in [-0.1, -0.05) is 48.5 Å². The summed E-state index contributed by atoms with van der Waals surface area (Å²) in [6, 6.07) is 15.1. The zero-order valence-corrected chi connectivity index (χ0v) is 16.5. The van der Waals surface area contributed by atoms with Gasteiger partial charge in [0.2, 0.25) is 5.91 Å². The van der Waals surface area contributed by atoms with Crippen LogP contribution in [0, 0.1) is 0 Å². The van der Waals surface area contributed by atoms with E-state index in [0.29, 0.717) is 10.8 Å². The van der Waals surface area contributed by atoms with E-state index in [1.54, 1.807) is 24.3 Å². The van der Waals surface area contributed by atoms with Crippen LogP contribution in [0.4, 0.5) is 0 Å². The summed E-state index contributed by atoms with van der Waals surface area (Å²) in [6.07, 6.45) is 0. The average Bonchev–Trinajstić information content (AvgIpc) is 2.74. The van der Waals surface area contributed by atoms with Crippen molar-refractivity contribution in [3.63, 3.8) is 0 Å². The fourth-order valence-electron chi connectivity index (χ4n) is 2.92. The second kappa shape index (κ2) is 8.99. The molecule has 9 heteroatoms. The van der Waals surface area contributed by atoms with Crippen LogP contribution >= 0.6 is 0 Å². The molecule has 3 amide bonds. The Morgan fingerprint density at radius 2 is 1.60 bits per heavy atom. The Hall–Kier alpha value is -4.01. The Balaban J connectivity index is 1.89. The van der Waals surface area contributed by atoms with Crippen LogP contribution in [0.1, 0.15) is 29.9 Å². The number of aromatic nitrogens is 2.